The Balaban J connectivity index is 1.64. The maximum Gasteiger partial charge on any atom is 0.309 e. The van der Waals surface area contributed by atoms with Crippen LogP contribution in [0.4, 0.5) is 0 Å². The summed E-state index contributed by atoms with van der Waals surface area (Å²) in [5.74, 6) is -0.899. The summed E-state index contributed by atoms with van der Waals surface area (Å²) >= 11 is 0. The van der Waals surface area contributed by atoms with Gasteiger partial charge in [0, 0.05) is 17.8 Å². The zero-order valence-corrected chi connectivity index (χ0v) is 20.2. The highest BCUT2D eigenvalue weighted by molar-refractivity contribution is 6.01. The quantitative estimate of drug-likeness (QED) is 0.589. The van der Waals surface area contributed by atoms with Crippen LogP contribution in [0.25, 0.3) is 0 Å². The lowest BCUT2D eigenvalue weighted by Gasteiger charge is -2.63. The van der Waals surface area contributed by atoms with Gasteiger partial charge in [-0.2, -0.15) is 5.26 Å². The van der Waals surface area contributed by atoms with E-state index in [4.69, 9.17) is 0 Å². The van der Waals surface area contributed by atoms with Crippen molar-refractivity contribution in [3.8, 4) is 6.07 Å². The molecule has 5 aliphatic carbocycles. The Kier molecular flexibility index (Phi) is 4.72. The molecule has 3 fully saturated rings. The first-order valence-electron chi connectivity index (χ1n) is 12.5. The lowest BCUT2D eigenvalue weighted by molar-refractivity contribution is -0.174. The number of carbonyl (C=O) groups is 3. The summed E-state index contributed by atoms with van der Waals surface area (Å²) in [4.78, 5) is 38.9. The van der Waals surface area contributed by atoms with Gasteiger partial charge in [0.05, 0.1) is 11.0 Å². The molecular formula is C28H35NO4. The van der Waals surface area contributed by atoms with Crippen LogP contribution in [0, 0.1) is 56.7 Å². The number of Topliss-reactive ketones (excluding diaryl/α,β-unsaturated/α-hetero) is 1. The molecule has 0 aromatic carbocycles. The van der Waals surface area contributed by atoms with Crippen LogP contribution >= 0.6 is 0 Å². The lowest BCUT2D eigenvalue weighted by atomic mass is 9.40. The molecule has 33 heavy (non-hydrogen) atoms. The molecule has 0 radical (unpaired) electrons. The van der Waals surface area contributed by atoms with Crippen molar-refractivity contribution in [3.63, 3.8) is 0 Å². The van der Waals surface area contributed by atoms with Crippen LogP contribution in [0.1, 0.15) is 79.1 Å². The Morgan fingerprint density at radius 3 is 2.45 bits per heavy atom. The zero-order valence-electron chi connectivity index (χ0n) is 20.2. The molecule has 0 aromatic rings. The number of rotatable bonds is 1. The molecule has 5 nitrogen and oxygen atoms in total. The molecule has 0 aromatic heterocycles. The number of carboxylic acid groups (broad SMARTS) is 1. The van der Waals surface area contributed by atoms with Gasteiger partial charge in [-0.05, 0) is 79.6 Å². The van der Waals surface area contributed by atoms with Crippen LogP contribution in [-0.2, 0) is 14.4 Å². The number of ketones is 2. The van der Waals surface area contributed by atoms with E-state index in [1.807, 2.05) is 12.2 Å². The van der Waals surface area contributed by atoms with Crippen LogP contribution in [0.2, 0.25) is 0 Å². The summed E-state index contributed by atoms with van der Waals surface area (Å²) < 4.78 is 0. The summed E-state index contributed by atoms with van der Waals surface area (Å²) in [6.07, 6.45) is 9.54. The number of fused-ring (bicyclic) bond motifs is 7. The van der Waals surface area contributed by atoms with E-state index < -0.39 is 16.8 Å². The van der Waals surface area contributed by atoms with E-state index in [0.717, 1.165) is 37.7 Å². The van der Waals surface area contributed by atoms with Gasteiger partial charge in [0.2, 0.25) is 0 Å². The normalized spacial score (nSPS) is 45.9. The van der Waals surface area contributed by atoms with Gasteiger partial charge in [-0.25, -0.2) is 0 Å². The molecule has 1 N–H and O–H groups in total. The van der Waals surface area contributed by atoms with Crippen LogP contribution in [0.3, 0.4) is 0 Å². The highest BCUT2D eigenvalue weighted by Crippen LogP contribution is 2.69. The van der Waals surface area contributed by atoms with E-state index in [2.05, 4.69) is 33.8 Å². The Morgan fingerprint density at radius 1 is 1.06 bits per heavy atom. The fraction of sp³-hybridized carbons (Fsp3) is 0.714. The van der Waals surface area contributed by atoms with Crippen LogP contribution in [0.15, 0.2) is 23.3 Å². The Labute approximate surface area is 196 Å². The van der Waals surface area contributed by atoms with Crippen LogP contribution in [-0.4, -0.2) is 22.6 Å². The summed E-state index contributed by atoms with van der Waals surface area (Å²) in [5, 5.41) is 19.9. The van der Waals surface area contributed by atoms with Crippen molar-refractivity contribution in [1.29, 1.82) is 5.26 Å². The molecule has 6 unspecified atom stereocenters. The minimum Gasteiger partial charge on any atom is -0.481 e. The third kappa shape index (κ3) is 2.92. The molecule has 5 rings (SSSR count). The standard InChI is InChI=1S/C28H35NO4/c1-25(2)9-10-28(24(32)33)8-6-18-23(19(28)14-25)21(31)12-22-26(18,3)7-5-17-11-20(30)16(15-29)13-27(17,22)4/h12-13,17-19,23H,5-11,14H2,1-4H3,(H,32,33)/t17?,18?,19?,23?,26?,27-,28?/m0/s1. The van der Waals surface area contributed by atoms with E-state index in [1.165, 1.54) is 0 Å². The van der Waals surface area contributed by atoms with Gasteiger partial charge in [0.25, 0.3) is 0 Å². The molecule has 0 amide bonds. The average molecular weight is 450 g/mol. The van der Waals surface area contributed by atoms with Crippen molar-refractivity contribution < 1.29 is 19.5 Å². The number of nitrogens with zero attached hydrogens (tertiary/aromatic N) is 1. The van der Waals surface area contributed by atoms with Crippen molar-refractivity contribution in [2.75, 3.05) is 0 Å². The summed E-state index contributed by atoms with van der Waals surface area (Å²) in [7, 11) is 0. The second-order valence-electron chi connectivity index (χ2n) is 12.8. The summed E-state index contributed by atoms with van der Waals surface area (Å²) in [5.41, 5.74) is -0.145. The van der Waals surface area contributed by atoms with Crippen molar-refractivity contribution in [3.05, 3.63) is 23.3 Å². The first-order chi connectivity index (χ1) is 15.4. The first kappa shape index (κ1) is 22.6. The fourth-order valence-electron chi connectivity index (χ4n) is 8.78. The minimum atomic E-state index is -0.791. The van der Waals surface area contributed by atoms with E-state index in [1.54, 1.807) is 0 Å². The third-order valence-electron chi connectivity index (χ3n) is 10.7. The molecule has 0 heterocycles. The molecule has 176 valence electrons. The molecule has 5 heteroatoms. The molecule has 3 saturated carbocycles. The van der Waals surface area contributed by atoms with Gasteiger partial charge in [0.15, 0.2) is 11.6 Å². The van der Waals surface area contributed by atoms with Gasteiger partial charge in [-0.15, -0.1) is 0 Å². The van der Waals surface area contributed by atoms with Crippen LogP contribution in [0.5, 0.6) is 0 Å². The maximum atomic E-state index is 13.9. The van der Waals surface area contributed by atoms with E-state index in [9.17, 15) is 24.8 Å². The number of allylic oxidation sites excluding steroid dienone is 4. The minimum absolute atomic E-state index is 0.0362. The highest BCUT2D eigenvalue weighted by atomic mass is 16.4. The predicted octanol–water partition coefficient (Wildman–Crippen LogP) is 5.26. The Morgan fingerprint density at radius 2 is 1.79 bits per heavy atom. The highest BCUT2D eigenvalue weighted by Gasteiger charge is 2.65. The van der Waals surface area contributed by atoms with Gasteiger partial charge < -0.3 is 5.11 Å². The third-order valence-corrected chi connectivity index (χ3v) is 10.7. The van der Waals surface area contributed by atoms with Crippen LogP contribution < -0.4 is 0 Å². The van der Waals surface area contributed by atoms with E-state index in [0.29, 0.717) is 19.3 Å². The summed E-state index contributed by atoms with van der Waals surface area (Å²) in [6.45, 7) is 8.78. The SMILES string of the molecule is CC1(C)CCC2(C(=O)O)CCC3C(C(=O)C=C4C3(C)CCC3CC(=O)C(C#N)=C[C@]43C)C2C1. The largest absolute Gasteiger partial charge is 0.481 e. The average Bonchev–Trinajstić information content (AvgIpc) is 2.74. The number of carboxylic acids is 1. The molecule has 0 saturated heterocycles. The Bertz CT molecular complexity index is 1060. The van der Waals surface area contributed by atoms with Crippen molar-refractivity contribution >= 4 is 17.5 Å². The van der Waals surface area contributed by atoms with Gasteiger partial charge in [-0.1, -0.05) is 39.3 Å². The molecular weight excluding hydrogens is 414 g/mol. The monoisotopic (exact) mass is 449 g/mol. The van der Waals surface area contributed by atoms with E-state index >= 15 is 0 Å². The van der Waals surface area contributed by atoms with Crippen molar-refractivity contribution in [1.82, 2.24) is 0 Å². The second-order valence-corrected chi connectivity index (χ2v) is 12.8. The molecule has 0 spiro atoms. The molecule has 5 aliphatic rings. The fourth-order valence-corrected chi connectivity index (χ4v) is 8.78. The number of carbonyl (C=O) groups excluding carboxylic acids is 2. The number of aliphatic carboxylic acids is 1. The van der Waals surface area contributed by atoms with Crippen molar-refractivity contribution in [2.45, 2.75) is 79.1 Å². The predicted molar refractivity (Wildman–Crippen MR) is 123 cm³/mol. The van der Waals surface area contributed by atoms with Gasteiger partial charge in [-0.3, -0.25) is 14.4 Å². The van der Waals surface area contributed by atoms with Crippen molar-refractivity contribution in [2.24, 2.45) is 45.3 Å². The number of hydrogen-bond donors (Lipinski definition) is 1. The maximum absolute atomic E-state index is 13.9. The molecule has 0 bridgehead atoms. The number of hydrogen-bond acceptors (Lipinski definition) is 4. The smallest absolute Gasteiger partial charge is 0.309 e. The zero-order chi connectivity index (χ0) is 24.0. The topological polar surface area (TPSA) is 95.2 Å². The van der Waals surface area contributed by atoms with Gasteiger partial charge in [0.1, 0.15) is 6.07 Å². The molecule has 0 aliphatic heterocycles. The Hall–Kier alpha value is -2.22. The lowest BCUT2D eigenvalue weighted by Crippen LogP contribution is -2.60. The molecule has 7 atom stereocenters. The number of nitriles is 1. The van der Waals surface area contributed by atoms with Gasteiger partial charge >= 0.3 is 5.97 Å². The second kappa shape index (κ2) is 6.90. The van der Waals surface area contributed by atoms with E-state index in [-0.39, 0.29) is 51.6 Å². The first-order valence-corrected chi connectivity index (χ1v) is 12.5. The summed E-state index contributed by atoms with van der Waals surface area (Å²) in [6, 6.07) is 2.09.